The number of rotatable bonds is 4. The molecule has 1 aliphatic heterocycles. The number of nitrogens with zero attached hydrogens (tertiary/aromatic N) is 1. The number of hydrogen-bond acceptors (Lipinski definition) is 3. The SMILES string of the molecule is COc1cc2c(cc1OC)[C@@H](c1ccccc1Cl)N(C(=O)Nc1cccc(F)c1)CC2. The van der Waals surface area contributed by atoms with Crippen molar-refractivity contribution in [3.05, 3.63) is 88.2 Å². The molecule has 0 aliphatic carbocycles. The first-order valence-electron chi connectivity index (χ1n) is 9.84. The summed E-state index contributed by atoms with van der Waals surface area (Å²) in [6.07, 6.45) is 0.632. The molecule has 1 heterocycles. The first-order valence-corrected chi connectivity index (χ1v) is 10.2. The number of carbonyl (C=O) groups excluding carboxylic acids is 1. The maximum atomic E-state index is 13.6. The Morgan fingerprint density at radius 3 is 2.48 bits per heavy atom. The average Bonchev–Trinajstić information content (AvgIpc) is 2.77. The number of amides is 2. The molecule has 0 unspecified atom stereocenters. The number of fused-ring (bicyclic) bond motifs is 1. The number of urea groups is 1. The van der Waals surface area contributed by atoms with Crippen LogP contribution in [0.15, 0.2) is 60.7 Å². The molecule has 5 nitrogen and oxygen atoms in total. The van der Waals surface area contributed by atoms with E-state index in [-0.39, 0.29) is 6.03 Å². The van der Waals surface area contributed by atoms with Gasteiger partial charge in [0, 0.05) is 17.3 Å². The summed E-state index contributed by atoms with van der Waals surface area (Å²) in [5, 5.41) is 3.36. The minimum Gasteiger partial charge on any atom is -0.493 e. The van der Waals surface area contributed by atoms with Gasteiger partial charge in [0.2, 0.25) is 0 Å². The van der Waals surface area contributed by atoms with Crippen molar-refractivity contribution >= 4 is 23.3 Å². The summed E-state index contributed by atoms with van der Waals surface area (Å²) in [5.74, 6) is 0.795. The Labute approximate surface area is 185 Å². The number of carbonyl (C=O) groups is 1. The molecule has 0 radical (unpaired) electrons. The molecule has 4 rings (SSSR count). The predicted octanol–water partition coefficient (Wildman–Crippen LogP) is 5.68. The molecule has 3 aromatic carbocycles. The van der Waals surface area contributed by atoms with Crippen LogP contribution in [-0.4, -0.2) is 31.7 Å². The van der Waals surface area contributed by atoms with Crippen LogP contribution < -0.4 is 14.8 Å². The molecule has 31 heavy (non-hydrogen) atoms. The van der Waals surface area contributed by atoms with Gasteiger partial charge in [-0.1, -0.05) is 35.9 Å². The third-order valence-electron chi connectivity index (χ3n) is 5.41. The summed E-state index contributed by atoms with van der Waals surface area (Å²) in [5.41, 5.74) is 3.15. The minimum atomic E-state index is -0.439. The van der Waals surface area contributed by atoms with Crippen molar-refractivity contribution in [3.63, 3.8) is 0 Å². The molecule has 0 saturated carbocycles. The maximum Gasteiger partial charge on any atom is 0.322 e. The zero-order chi connectivity index (χ0) is 22.0. The molecule has 0 aromatic heterocycles. The predicted molar refractivity (Wildman–Crippen MR) is 119 cm³/mol. The van der Waals surface area contributed by atoms with Crippen LogP contribution in [0.2, 0.25) is 5.02 Å². The fraction of sp³-hybridized carbons (Fsp3) is 0.208. The Kier molecular flexibility index (Phi) is 6.00. The van der Waals surface area contributed by atoms with Crippen molar-refractivity contribution in [2.24, 2.45) is 0 Å². The summed E-state index contributed by atoms with van der Waals surface area (Å²) in [6.45, 7) is 0.458. The molecule has 160 valence electrons. The van der Waals surface area contributed by atoms with E-state index in [4.69, 9.17) is 21.1 Å². The van der Waals surface area contributed by atoms with Gasteiger partial charge in [0.05, 0.1) is 20.3 Å². The van der Waals surface area contributed by atoms with Crippen LogP contribution in [0.1, 0.15) is 22.7 Å². The number of nitrogens with one attached hydrogen (secondary N) is 1. The Balaban J connectivity index is 1.79. The average molecular weight is 441 g/mol. The minimum absolute atomic E-state index is 0.337. The lowest BCUT2D eigenvalue weighted by Crippen LogP contribution is -2.43. The van der Waals surface area contributed by atoms with Crippen molar-refractivity contribution < 1.29 is 18.7 Å². The zero-order valence-corrected chi connectivity index (χ0v) is 17.9. The summed E-state index contributed by atoms with van der Waals surface area (Å²) in [6, 6.07) is 16.3. The van der Waals surface area contributed by atoms with Gasteiger partial charge >= 0.3 is 6.03 Å². The van der Waals surface area contributed by atoms with Gasteiger partial charge in [0.25, 0.3) is 0 Å². The van der Waals surface area contributed by atoms with Crippen molar-refractivity contribution in [3.8, 4) is 11.5 Å². The molecule has 0 fully saturated rings. The summed E-state index contributed by atoms with van der Waals surface area (Å²) >= 11 is 6.54. The number of ether oxygens (including phenoxy) is 2. The molecule has 1 N–H and O–H groups in total. The second kappa shape index (κ2) is 8.86. The van der Waals surface area contributed by atoms with Crippen LogP contribution in [0.5, 0.6) is 11.5 Å². The molecule has 3 aromatic rings. The molecule has 1 atom stereocenters. The van der Waals surface area contributed by atoms with Crippen LogP contribution in [0, 0.1) is 5.82 Å². The van der Waals surface area contributed by atoms with Crippen LogP contribution in [0.25, 0.3) is 0 Å². The van der Waals surface area contributed by atoms with Crippen LogP contribution >= 0.6 is 11.6 Å². The van der Waals surface area contributed by atoms with E-state index in [9.17, 15) is 9.18 Å². The summed E-state index contributed by atoms with van der Waals surface area (Å²) in [7, 11) is 3.17. The summed E-state index contributed by atoms with van der Waals surface area (Å²) < 4.78 is 24.6. The summed E-state index contributed by atoms with van der Waals surface area (Å²) in [4.78, 5) is 15.0. The Bertz CT molecular complexity index is 1120. The highest BCUT2D eigenvalue weighted by atomic mass is 35.5. The monoisotopic (exact) mass is 440 g/mol. The smallest absolute Gasteiger partial charge is 0.322 e. The second-order valence-corrected chi connectivity index (χ2v) is 7.62. The molecule has 1 aliphatic rings. The molecule has 0 bridgehead atoms. The maximum absolute atomic E-state index is 13.6. The Hall–Kier alpha value is -3.25. The van der Waals surface area contributed by atoms with E-state index >= 15 is 0 Å². The van der Waals surface area contributed by atoms with Gasteiger partial charge in [-0.3, -0.25) is 0 Å². The van der Waals surface area contributed by atoms with E-state index in [0.29, 0.717) is 35.2 Å². The molecule has 0 saturated heterocycles. The van der Waals surface area contributed by atoms with E-state index < -0.39 is 11.9 Å². The molecular weight excluding hydrogens is 419 g/mol. The fourth-order valence-corrected chi connectivity index (χ4v) is 4.20. The lowest BCUT2D eigenvalue weighted by molar-refractivity contribution is 0.193. The Morgan fingerprint density at radius 1 is 1.03 bits per heavy atom. The second-order valence-electron chi connectivity index (χ2n) is 7.21. The highest BCUT2D eigenvalue weighted by molar-refractivity contribution is 6.31. The molecule has 2 amide bonds. The normalized spacial score (nSPS) is 15.2. The van der Waals surface area contributed by atoms with Gasteiger partial charge in [-0.05, 0) is 59.5 Å². The van der Waals surface area contributed by atoms with E-state index in [0.717, 1.165) is 16.7 Å². The van der Waals surface area contributed by atoms with E-state index in [1.807, 2.05) is 30.3 Å². The standard InChI is InChI=1S/C24H22ClFN2O3/c1-30-21-12-15-10-11-28(24(29)27-17-7-5-6-16(26)13-17)23(19(15)14-22(21)31-2)18-8-3-4-9-20(18)25/h3-9,12-14,23H,10-11H2,1-2H3,(H,27,29)/t23-/m1/s1. The van der Waals surface area contributed by atoms with Crippen LogP contribution in [0.3, 0.4) is 0 Å². The number of benzene rings is 3. The lowest BCUT2D eigenvalue weighted by Gasteiger charge is -2.38. The quantitative estimate of drug-likeness (QED) is 0.568. The highest BCUT2D eigenvalue weighted by Gasteiger charge is 2.34. The van der Waals surface area contributed by atoms with Gasteiger partial charge in [-0.2, -0.15) is 0 Å². The van der Waals surface area contributed by atoms with Crippen molar-refractivity contribution in [2.75, 3.05) is 26.1 Å². The van der Waals surface area contributed by atoms with Gasteiger partial charge in [0.15, 0.2) is 11.5 Å². The number of anilines is 1. The molecule has 0 spiro atoms. The molecule has 7 heteroatoms. The van der Waals surface area contributed by atoms with Crippen molar-refractivity contribution in [2.45, 2.75) is 12.5 Å². The number of hydrogen-bond donors (Lipinski definition) is 1. The largest absolute Gasteiger partial charge is 0.493 e. The third-order valence-corrected chi connectivity index (χ3v) is 5.75. The van der Waals surface area contributed by atoms with E-state index in [1.54, 1.807) is 37.3 Å². The van der Waals surface area contributed by atoms with Gasteiger partial charge < -0.3 is 19.7 Å². The van der Waals surface area contributed by atoms with Crippen LogP contribution in [0.4, 0.5) is 14.9 Å². The first-order chi connectivity index (χ1) is 15.0. The number of halogens is 2. The van der Waals surface area contributed by atoms with Crippen molar-refractivity contribution in [1.29, 1.82) is 0 Å². The third kappa shape index (κ3) is 4.16. The van der Waals surface area contributed by atoms with E-state index in [1.165, 1.54) is 12.1 Å². The Morgan fingerprint density at radius 2 is 1.77 bits per heavy atom. The van der Waals surface area contributed by atoms with Gasteiger partial charge in [0.1, 0.15) is 5.82 Å². The van der Waals surface area contributed by atoms with Crippen LogP contribution in [-0.2, 0) is 6.42 Å². The van der Waals surface area contributed by atoms with Crippen molar-refractivity contribution in [1.82, 2.24) is 4.90 Å². The number of methoxy groups -OCH3 is 2. The molecular formula is C24H22ClFN2O3. The lowest BCUT2D eigenvalue weighted by atomic mass is 9.87. The highest BCUT2D eigenvalue weighted by Crippen LogP contribution is 2.42. The zero-order valence-electron chi connectivity index (χ0n) is 17.2. The topological polar surface area (TPSA) is 50.8 Å². The van der Waals surface area contributed by atoms with Gasteiger partial charge in [-0.15, -0.1) is 0 Å². The van der Waals surface area contributed by atoms with Gasteiger partial charge in [-0.25, -0.2) is 9.18 Å². The fourth-order valence-electron chi connectivity index (χ4n) is 3.96. The first kappa shape index (κ1) is 21.0. The van der Waals surface area contributed by atoms with E-state index in [2.05, 4.69) is 5.32 Å².